The van der Waals surface area contributed by atoms with Gasteiger partial charge < -0.3 is 4.74 Å². The van der Waals surface area contributed by atoms with Crippen molar-refractivity contribution in [2.24, 2.45) is 0 Å². The van der Waals surface area contributed by atoms with E-state index in [2.05, 4.69) is 4.98 Å². The van der Waals surface area contributed by atoms with Gasteiger partial charge in [0.1, 0.15) is 23.2 Å². The first-order valence-electron chi connectivity index (χ1n) is 7.20. The summed E-state index contributed by atoms with van der Waals surface area (Å²) in [7, 11) is 0. The second-order valence-corrected chi connectivity index (χ2v) is 5.97. The number of benzene rings is 2. The summed E-state index contributed by atoms with van der Waals surface area (Å²) >= 11 is 1.40. The van der Waals surface area contributed by atoms with Gasteiger partial charge in [0.2, 0.25) is 0 Å². The van der Waals surface area contributed by atoms with Crippen LogP contribution in [0.5, 0.6) is 0 Å². The predicted molar refractivity (Wildman–Crippen MR) is 87.4 cm³/mol. The summed E-state index contributed by atoms with van der Waals surface area (Å²) in [6.07, 6.45) is 0.0786. The highest BCUT2D eigenvalue weighted by Gasteiger charge is 2.09. The lowest BCUT2D eigenvalue weighted by Gasteiger charge is -2.03. The van der Waals surface area contributed by atoms with Crippen molar-refractivity contribution in [2.75, 3.05) is 0 Å². The fourth-order valence-corrected chi connectivity index (χ4v) is 2.88. The molecule has 0 spiro atoms. The van der Waals surface area contributed by atoms with Crippen molar-refractivity contribution >= 4 is 17.3 Å². The molecule has 0 saturated heterocycles. The molecular weight excluding hydrogens is 332 g/mol. The van der Waals surface area contributed by atoms with Gasteiger partial charge in [-0.05, 0) is 42.0 Å². The molecule has 122 valence electrons. The molecule has 0 atom stereocenters. The number of ether oxygens (including phenoxy) is 1. The second-order valence-electron chi connectivity index (χ2n) is 5.11. The molecule has 6 heteroatoms. The van der Waals surface area contributed by atoms with Crippen LogP contribution in [0.3, 0.4) is 0 Å². The average Bonchev–Trinajstić information content (AvgIpc) is 3.05. The van der Waals surface area contributed by atoms with E-state index >= 15 is 0 Å². The van der Waals surface area contributed by atoms with Crippen LogP contribution in [0.25, 0.3) is 10.6 Å². The maximum absolute atomic E-state index is 12.9. The van der Waals surface area contributed by atoms with Gasteiger partial charge in [-0.2, -0.15) is 0 Å². The SMILES string of the molecule is O=C(Cc1ccc(F)cc1)OCc1csc(-c2ccc(F)cc2)n1. The molecule has 0 aliphatic rings. The molecule has 0 aliphatic heterocycles. The standard InChI is InChI=1S/C18H13F2NO2S/c19-14-5-1-12(2-6-14)9-17(22)23-10-16-11-24-18(21-16)13-3-7-15(20)8-4-13/h1-8,11H,9-10H2. The Bertz CT molecular complexity index is 829. The Kier molecular flexibility index (Phi) is 4.96. The third-order valence-corrected chi connectivity index (χ3v) is 4.23. The molecule has 0 fully saturated rings. The molecule has 0 aliphatic carbocycles. The molecule has 2 aromatic carbocycles. The van der Waals surface area contributed by atoms with Crippen LogP contribution in [0.1, 0.15) is 11.3 Å². The smallest absolute Gasteiger partial charge is 0.310 e. The normalized spacial score (nSPS) is 10.6. The van der Waals surface area contributed by atoms with Gasteiger partial charge in [0.05, 0.1) is 12.1 Å². The van der Waals surface area contributed by atoms with E-state index < -0.39 is 5.97 Å². The van der Waals surface area contributed by atoms with Crippen LogP contribution in [0.4, 0.5) is 8.78 Å². The largest absolute Gasteiger partial charge is 0.459 e. The van der Waals surface area contributed by atoms with Crippen molar-refractivity contribution in [3.8, 4) is 10.6 Å². The molecular formula is C18H13F2NO2S. The Balaban J connectivity index is 1.56. The quantitative estimate of drug-likeness (QED) is 0.645. The Morgan fingerprint density at radius 2 is 1.62 bits per heavy atom. The first kappa shape index (κ1) is 16.3. The van der Waals surface area contributed by atoms with E-state index in [-0.39, 0.29) is 24.7 Å². The highest BCUT2D eigenvalue weighted by molar-refractivity contribution is 7.13. The summed E-state index contributed by atoms with van der Waals surface area (Å²) in [6, 6.07) is 11.8. The maximum atomic E-state index is 12.9. The van der Waals surface area contributed by atoms with E-state index in [0.29, 0.717) is 11.3 Å². The van der Waals surface area contributed by atoms with E-state index in [4.69, 9.17) is 4.74 Å². The third-order valence-electron chi connectivity index (χ3n) is 3.29. The van der Waals surface area contributed by atoms with Gasteiger partial charge in [-0.25, -0.2) is 13.8 Å². The van der Waals surface area contributed by atoms with Gasteiger partial charge >= 0.3 is 5.97 Å². The summed E-state index contributed by atoms with van der Waals surface area (Å²) in [4.78, 5) is 16.2. The monoisotopic (exact) mass is 345 g/mol. The van der Waals surface area contributed by atoms with E-state index in [1.165, 1.54) is 35.6 Å². The maximum Gasteiger partial charge on any atom is 0.310 e. The minimum atomic E-state index is -0.405. The molecule has 3 aromatic rings. The van der Waals surface area contributed by atoms with Gasteiger partial charge in [0.15, 0.2) is 0 Å². The number of carbonyl (C=O) groups is 1. The zero-order valence-electron chi connectivity index (χ0n) is 12.5. The Labute approximate surface area is 141 Å². The fraction of sp³-hybridized carbons (Fsp3) is 0.111. The number of carbonyl (C=O) groups excluding carboxylic acids is 1. The van der Waals surface area contributed by atoms with Crippen LogP contribution in [0.2, 0.25) is 0 Å². The summed E-state index contributed by atoms with van der Waals surface area (Å²) in [5, 5.41) is 2.53. The summed E-state index contributed by atoms with van der Waals surface area (Å²) in [5.41, 5.74) is 2.13. The van der Waals surface area contributed by atoms with Crippen LogP contribution in [0.15, 0.2) is 53.9 Å². The Hall–Kier alpha value is -2.60. The summed E-state index contributed by atoms with van der Waals surface area (Å²) in [6.45, 7) is 0.0672. The van der Waals surface area contributed by atoms with E-state index in [0.717, 1.165) is 10.6 Å². The first-order chi connectivity index (χ1) is 11.6. The molecule has 1 aromatic heterocycles. The van der Waals surface area contributed by atoms with Crippen molar-refractivity contribution in [2.45, 2.75) is 13.0 Å². The van der Waals surface area contributed by atoms with Gasteiger partial charge in [-0.15, -0.1) is 11.3 Å². The lowest BCUT2D eigenvalue weighted by Crippen LogP contribution is -2.08. The Morgan fingerprint density at radius 1 is 1.00 bits per heavy atom. The summed E-state index contributed by atoms with van der Waals surface area (Å²) < 4.78 is 30.9. The average molecular weight is 345 g/mol. The lowest BCUT2D eigenvalue weighted by atomic mass is 10.1. The summed E-state index contributed by atoms with van der Waals surface area (Å²) in [5.74, 6) is -1.05. The predicted octanol–water partition coefficient (Wildman–Crippen LogP) is 4.37. The number of hydrogen-bond donors (Lipinski definition) is 0. The minimum absolute atomic E-state index is 0.0672. The molecule has 0 bridgehead atoms. The van der Waals surface area contributed by atoms with Crippen LogP contribution in [0, 0.1) is 11.6 Å². The highest BCUT2D eigenvalue weighted by atomic mass is 32.1. The number of rotatable bonds is 5. The Morgan fingerprint density at radius 3 is 2.29 bits per heavy atom. The molecule has 0 amide bonds. The number of thiazole rings is 1. The number of esters is 1. The highest BCUT2D eigenvalue weighted by Crippen LogP contribution is 2.24. The van der Waals surface area contributed by atoms with Crippen LogP contribution < -0.4 is 0 Å². The van der Waals surface area contributed by atoms with Crippen molar-refractivity contribution in [1.29, 1.82) is 0 Å². The lowest BCUT2D eigenvalue weighted by molar-refractivity contribution is -0.144. The van der Waals surface area contributed by atoms with Gasteiger partial charge in [-0.1, -0.05) is 12.1 Å². The topological polar surface area (TPSA) is 39.2 Å². The number of nitrogens with zero attached hydrogens (tertiary/aromatic N) is 1. The van der Waals surface area contributed by atoms with Crippen LogP contribution >= 0.6 is 11.3 Å². The minimum Gasteiger partial charge on any atom is -0.459 e. The third kappa shape index (κ3) is 4.23. The van der Waals surface area contributed by atoms with Crippen molar-refractivity contribution < 1.29 is 18.3 Å². The zero-order valence-corrected chi connectivity index (χ0v) is 13.4. The number of hydrogen-bond acceptors (Lipinski definition) is 4. The number of halogens is 2. The molecule has 0 N–H and O–H groups in total. The van der Waals surface area contributed by atoms with Crippen LogP contribution in [-0.2, 0) is 22.6 Å². The molecule has 3 nitrogen and oxygen atoms in total. The first-order valence-corrected chi connectivity index (χ1v) is 8.08. The number of aromatic nitrogens is 1. The van der Waals surface area contributed by atoms with Crippen LogP contribution in [-0.4, -0.2) is 11.0 Å². The molecule has 3 rings (SSSR count). The molecule has 0 saturated carbocycles. The van der Waals surface area contributed by atoms with Gasteiger partial charge in [0, 0.05) is 10.9 Å². The van der Waals surface area contributed by atoms with Crippen molar-refractivity contribution in [1.82, 2.24) is 4.98 Å². The van der Waals surface area contributed by atoms with E-state index in [1.807, 2.05) is 0 Å². The second kappa shape index (κ2) is 7.31. The van der Waals surface area contributed by atoms with Crippen molar-refractivity contribution in [3.05, 3.63) is 76.8 Å². The van der Waals surface area contributed by atoms with Gasteiger partial charge in [0.25, 0.3) is 0 Å². The molecule has 24 heavy (non-hydrogen) atoms. The molecule has 0 radical (unpaired) electrons. The van der Waals surface area contributed by atoms with E-state index in [9.17, 15) is 13.6 Å². The fourth-order valence-electron chi connectivity index (χ4n) is 2.07. The molecule has 1 heterocycles. The van der Waals surface area contributed by atoms with Crippen molar-refractivity contribution in [3.63, 3.8) is 0 Å². The van der Waals surface area contributed by atoms with Gasteiger partial charge in [-0.3, -0.25) is 4.79 Å². The zero-order chi connectivity index (χ0) is 16.9. The van der Waals surface area contributed by atoms with E-state index in [1.54, 1.807) is 29.6 Å². The molecule has 0 unspecified atom stereocenters.